The number of anilines is 2. The van der Waals surface area contributed by atoms with Crippen molar-refractivity contribution in [1.82, 2.24) is 0 Å². The number of hydrogen-bond acceptors (Lipinski definition) is 5. The Balaban J connectivity index is 1.90. The number of carbonyl (C=O) groups excluding carboxylic acids is 1. The molecule has 150 valence electrons. The summed E-state index contributed by atoms with van der Waals surface area (Å²) in [6.45, 7) is 1.78. The van der Waals surface area contributed by atoms with E-state index in [1.807, 2.05) is 0 Å². The van der Waals surface area contributed by atoms with E-state index in [0.29, 0.717) is 11.3 Å². The van der Waals surface area contributed by atoms with Crippen molar-refractivity contribution in [3.8, 4) is 11.5 Å². The van der Waals surface area contributed by atoms with Gasteiger partial charge in [0, 0.05) is 5.56 Å². The van der Waals surface area contributed by atoms with Gasteiger partial charge in [-0.05, 0) is 48.9 Å². The quantitative estimate of drug-likeness (QED) is 0.535. The highest BCUT2D eigenvalue weighted by Gasteiger charge is 2.19. The van der Waals surface area contributed by atoms with Gasteiger partial charge in [0.25, 0.3) is 15.9 Å². The highest BCUT2D eigenvalue weighted by atomic mass is 32.2. The fourth-order valence-corrected chi connectivity index (χ4v) is 3.83. The normalized spacial score (nSPS) is 11.0. The third-order valence-electron chi connectivity index (χ3n) is 4.27. The Morgan fingerprint density at radius 2 is 1.66 bits per heavy atom. The topological polar surface area (TPSA) is 105 Å². The van der Waals surface area contributed by atoms with Crippen molar-refractivity contribution in [2.45, 2.75) is 11.8 Å². The average Bonchev–Trinajstić information content (AvgIpc) is 2.70. The van der Waals surface area contributed by atoms with Crippen LogP contribution in [-0.2, 0) is 10.0 Å². The Labute approximate surface area is 169 Å². The molecule has 0 spiro atoms. The molecule has 29 heavy (non-hydrogen) atoms. The number of hydrogen-bond donors (Lipinski definition) is 3. The van der Waals surface area contributed by atoms with Crippen molar-refractivity contribution in [2.24, 2.45) is 0 Å². The number of rotatable bonds is 6. The first kappa shape index (κ1) is 20.2. The third-order valence-corrected chi connectivity index (χ3v) is 5.63. The summed E-state index contributed by atoms with van der Waals surface area (Å²) in [5.41, 5.74) is 1.44. The summed E-state index contributed by atoms with van der Waals surface area (Å²) in [4.78, 5) is 12.4. The smallest absolute Gasteiger partial charge is 0.262 e. The molecule has 0 saturated heterocycles. The number of ether oxygens (including phenoxy) is 1. The molecule has 0 aliphatic rings. The van der Waals surface area contributed by atoms with E-state index in [-0.39, 0.29) is 22.0 Å². The van der Waals surface area contributed by atoms with Crippen LogP contribution in [0.5, 0.6) is 11.5 Å². The molecule has 0 fully saturated rings. The summed E-state index contributed by atoms with van der Waals surface area (Å²) in [6, 6.07) is 17.2. The van der Waals surface area contributed by atoms with Gasteiger partial charge >= 0.3 is 0 Å². The molecule has 0 heterocycles. The Bertz CT molecular complexity index is 1160. The van der Waals surface area contributed by atoms with E-state index in [1.54, 1.807) is 55.5 Å². The van der Waals surface area contributed by atoms with Crippen LogP contribution in [0.4, 0.5) is 11.4 Å². The predicted molar refractivity (Wildman–Crippen MR) is 111 cm³/mol. The van der Waals surface area contributed by atoms with Crippen molar-refractivity contribution in [1.29, 1.82) is 0 Å². The zero-order valence-corrected chi connectivity index (χ0v) is 16.7. The lowest BCUT2D eigenvalue weighted by Crippen LogP contribution is -2.16. The molecule has 8 heteroatoms. The number of phenolic OH excluding ortho intramolecular Hbond substituents is 1. The van der Waals surface area contributed by atoms with E-state index < -0.39 is 15.9 Å². The van der Waals surface area contributed by atoms with Crippen LogP contribution in [0.15, 0.2) is 71.6 Å². The molecule has 0 bridgehead atoms. The second kappa shape index (κ2) is 8.24. The SMILES string of the molecule is COc1ccccc1NS(=O)(=O)c1ccc(O)c(NC(=O)c2ccccc2C)c1. The van der Waals surface area contributed by atoms with Crippen LogP contribution >= 0.6 is 0 Å². The van der Waals surface area contributed by atoms with Crippen LogP contribution in [-0.4, -0.2) is 26.5 Å². The van der Waals surface area contributed by atoms with Crippen LogP contribution in [0.25, 0.3) is 0 Å². The summed E-state index contributed by atoms with van der Waals surface area (Å²) in [7, 11) is -2.55. The van der Waals surface area contributed by atoms with Crippen molar-refractivity contribution < 1.29 is 23.1 Å². The van der Waals surface area contributed by atoms with Crippen molar-refractivity contribution in [3.05, 3.63) is 77.9 Å². The molecular weight excluding hydrogens is 392 g/mol. The minimum Gasteiger partial charge on any atom is -0.506 e. The van der Waals surface area contributed by atoms with Crippen LogP contribution < -0.4 is 14.8 Å². The molecule has 0 unspecified atom stereocenters. The van der Waals surface area contributed by atoms with E-state index >= 15 is 0 Å². The fourth-order valence-electron chi connectivity index (χ4n) is 2.73. The van der Waals surface area contributed by atoms with Crippen LogP contribution in [0.3, 0.4) is 0 Å². The van der Waals surface area contributed by atoms with Gasteiger partial charge in [0.1, 0.15) is 11.5 Å². The van der Waals surface area contributed by atoms with Gasteiger partial charge < -0.3 is 15.2 Å². The molecule has 3 N–H and O–H groups in total. The lowest BCUT2D eigenvalue weighted by atomic mass is 10.1. The largest absolute Gasteiger partial charge is 0.506 e. The second-order valence-electron chi connectivity index (χ2n) is 6.25. The monoisotopic (exact) mass is 412 g/mol. The van der Waals surface area contributed by atoms with Gasteiger partial charge in [0.2, 0.25) is 0 Å². The number of methoxy groups -OCH3 is 1. The summed E-state index contributed by atoms with van der Waals surface area (Å²) in [5, 5.41) is 12.6. The molecule has 3 rings (SSSR count). The fraction of sp³-hybridized carbons (Fsp3) is 0.0952. The van der Waals surface area contributed by atoms with Gasteiger partial charge in [-0.2, -0.15) is 0 Å². The minimum absolute atomic E-state index is 0.0128. The van der Waals surface area contributed by atoms with E-state index in [1.165, 1.54) is 25.3 Å². The zero-order valence-electron chi connectivity index (χ0n) is 15.8. The average molecular weight is 412 g/mol. The Hall–Kier alpha value is -3.52. The maximum Gasteiger partial charge on any atom is 0.262 e. The summed E-state index contributed by atoms with van der Waals surface area (Å²) >= 11 is 0. The van der Waals surface area contributed by atoms with Crippen molar-refractivity contribution >= 4 is 27.3 Å². The lowest BCUT2D eigenvalue weighted by Gasteiger charge is -2.14. The number of amides is 1. The van der Waals surface area contributed by atoms with Crippen molar-refractivity contribution in [2.75, 3.05) is 17.1 Å². The van der Waals surface area contributed by atoms with Gasteiger partial charge in [0.05, 0.1) is 23.4 Å². The highest BCUT2D eigenvalue weighted by Crippen LogP contribution is 2.30. The Kier molecular flexibility index (Phi) is 5.74. The zero-order chi connectivity index (χ0) is 21.0. The summed E-state index contributed by atoms with van der Waals surface area (Å²) < 4.78 is 33.2. The second-order valence-corrected chi connectivity index (χ2v) is 7.94. The molecule has 3 aromatic carbocycles. The third kappa shape index (κ3) is 4.49. The lowest BCUT2D eigenvalue weighted by molar-refractivity contribution is 0.102. The maximum absolute atomic E-state index is 12.8. The molecular formula is C21H20N2O5S. The maximum atomic E-state index is 12.8. The Morgan fingerprint density at radius 3 is 2.38 bits per heavy atom. The number of phenols is 1. The van der Waals surface area contributed by atoms with Gasteiger partial charge in [-0.1, -0.05) is 30.3 Å². The molecule has 0 saturated carbocycles. The molecule has 0 aliphatic heterocycles. The standard InChI is InChI=1S/C21H20N2O5S/c1-14-7-3-4-8-16(14)21(25)22-18-13-15(11-12-19(18)24)29(26,27)23-17-9-5-6-10-20(17)28-2/h3-13,23-24H,1-2H3,(H,22,25). The number of sulfonamides is 1. The van der Waals surface area contributed by atoms with Crippen LogP contribution in [0, 0.1) is 6.92 Å². The summed E-state index contributed by atoms with van der Waals surface area (Å²) in [6.07, 6.45) is 0. The van der Waals surface area contributed by atoms with Gasteiger partial charge in [-0.15, -0.1) is 0 Å². The van der Waals surface area contributed by atoms with Gasteiger partial charge in [-0.25, -0.2) is 8.42 Å². The predicted octanol–water partition coefficient (Wildman–Crippen LogP) is 3.76. The number of aromatic hydroxyl groups is 1. The minimum atomic E-state index is -3.99. The molecule has 3 aromatic rings. The van der Waals surface area contributed by atoms with E-state index in [4.69, 9.17) is 4.74 Å². The van der Waals surface area contributed by atoms with Crippen molar-refractivity contribution in [3.63, 3.8) is 0 Å². The van der Waals surface area contributed by atoms with Gasteiger partial charge in [0.15, 0.2) is 0 Å². The number of carbonyl (C=O) groups is 1. The molecule has 0 radical (unpaired) electrons. The van der Waals surface area contributed by atoms with Crippen LogP contribution in [0.1, 0.15) is 15.9 Å². The molecule has 7 nitrogen and oxygen atoms in total. The molecule has 0 aromatic heterocycles. The molecule has 1 amide bonds. The van der Waals surface area contributed by atoms with E-state index in [9.17, 15) is 18.3 Å². The van der Waals surface area contributed by atoms with Gasteiger partial charge in [-0.3, -0.25) is 9.52 Å². The first-order valence-electron chi connectivity index (χ1n) is 8.67. The van der Waals surface area contributed by atoms with Crippen LogP contribution in [0.2, 0.25) is 0 Å². The highest BCUT2D eigenvalue weighted by molar-refractivity contribution is 7.92. The first-order valence-corrected chi connectivity index (χ1v) is 10.2. The summed E-state index contributed by atoms with van der Waals surface area (Å²) in [5.74, 6) is -0.336. The Morgan fingerprint density at radius 1 is 0.966 bits per heavy atom. The van der Waals surface area contributed by atoms with E-state index in [0.717, 1.165) is 5.56 Å². The number of nitrogens with one attached hydrogen (secondary N) is 2. The first-order chi connectivity index (χ1) is 13.8. The van der Waals surface area contributed by atoms with E-state index in [2.05, 4.69) is 10.0 Å². The molecule has 0 aliphatic carbocycles. The molecule has 0 atom stereocenters. The number of para-hydroxylation sites is 2. The number of benzene rings is 3. The number of aryl methyl sites for hydroxylation is 1.